The van der Waals surface area contributed by atoms with Crippen molar-refractivity contribution in [1.29, 1.82) is 0 Å². The van der Waals surface area contributed by atoms with Gasteiger partial charge in [0.1, 0.15) is 11.0 Å². The summed E-state index contributed by atoms with van der Waals surface area (Å²) >= 11 is 2.38. The van der Waals surface area contributed by atoms with E-state index in [1.54, 1.807) is 0 Å². The number of pyridine rings is 1. The van der Waals surface area contributed by atoms with Crippen molar-refractivity contribution in [2.75, 3.05) is 22.1 Å². The van der Waals surface area contributed by atoms with Crippen LogP contribution in [0.25, 0.3) is 33.1 Å². The number of ether oxygens (including phenoxy) is 1. The molecule has 30 heavy (non-hydrogen) atoms. The minimum absolute atomic E-state index is 0.384. The van der Waals surface area contributed by atoms with Crippen molar-refractivity contribution in [2.24, 2.45) is 0 Å². The number of hydrogen-bond donors (Lipinski definition) is 2. The second kappa shape index (κ2) is 7.99. The third-order valence-corrected chi connectivity index (χ3v) is 6.94. The molecule has 7 nitrogen and oxygen atoms in total. The first-order valence-electron chi connectivity index (χ1n) is 10.2. The van der Waals surface area contributed by atoms with Gasteiger partial charge in [-0.25, -0.2) is 15.0 Å². The van der Waals surface area contributed by atoms with E-state index in [4.69, 9.17) is 20.4 Å². The molecule has 154 valence electrons. The summed E-state index contributed by atoms with van der Waals surface area (Å²) in [6, 6.07) is 8.76. The average Bonchev–Trinajstić information content (AvgIpc) is 3.26. The number of nitrogen functional groups attached to an aromatic ring is 1. The van der Waals surface area contributed by atoms with E-state index in [-0.39, 0.29) is 0 Å². The smallest absolute Gasteiger partial charge is 0.160 e. The Kier molecular flexibility index (Phi) is 5.20. The normalized spacial score (nSPS) is 15.1. The Morgan fingerprint density at radius 1 is 1.20 bits per heavy atom. The van der Waals surface area contributed by atoms with Crippen molar-refractivity contribution in [1.82, 2.24) is 19.9 Å². The van der Waals surface area contributed by atoms with Gasteiger partial charge in [-0.3, -0.25) is 3.11 Å². The van der Waals surface area contributed by atoms with Gasteiger partial charge in [-0.1, -0.05) is 13.0 Å². The van der Waals surface area contributed by atoms with Crippen LogP contribution in [0, 0.1) is 0 Å². The van der Waals surface area contributed by atoms with Crippen LogP contribution in [0.15, 0.2) is 36.7 Å². The topological polar surface area (TPSA) is 93.0 Å². The van der Waals surface area contributed by atoms with Crippen molar-refractivity contribution >= 4 is 56.4 Å². The number of halogens is 1. The maximum Gasteiger partial charge on any atom is 0.160 e. The number of aryl methyl sites for hydroxylation is 1. The maximum atomic E-state index is 6.22. The number of nitrogens with two attached hydrogens (primary N) is 1. The largest absolute Gasteiger partial charge is 0.382 e. The maximum absolute atomic E-state index is 6.22. The van der Waals surface area contributed by atoms with Crippen LogP contribution in [-0.4, -0.2) is 39.2 Å². The van der Waals surface area contributed by atoms with Gasteiger partial charge >= 0.3 is 0 Å². The molecule has 1 saturated heterocycles. The molecule has 5 rings (SSSR count). The highest BCUT2D eigenvalue weighted by molar-refractivity contribution is 14.1. The summed E-state index contributed by atoms with van der Waals surface area (Å²) in [4.78, 5) is 17.7. The van der Waals surface area contributed by atoms with Crippen LogP contribution in [0.4, 0.5) is 11.6 Å². The molecule has 1 aliphatic rings. The van der Waals surface area contributed by atoms with E-state index in [0.29, 0.717) is 17.4 Å². The molecule has 1 aliphatic heterocycles. The monoisotopic (exact) mass is 514 g/mol. The summed E-state index contributed by atoms with van der Waals surface area (Å²) in [5.74, 6) is 1.32. The minimum Gasteiger partial charge on any atom is -0.382 e. The second-order valence-electron chi connectivity index (χ2n) is 7.54. The molecule has 0 saturated carbocycles. The average molecular weight is 514 g/mol. The lowest BCUT2D eigenvalue weighted by molar-refractivity contribution is 0.0884. The Balaban J connectivity index is 1.69. The molecule has 0 bridgehead atoms. The van der Waals surface area contributed by atoms with Gasteiger partial charge in [-0.05, 0) is 48.4 Å². The van der Waals surface area contributed by atoms with Crippen LogP contribution >= 0.6 is 22.9 Å². The van der Waals surface area contributed by atoms with E-state index >= 15 is 0 Å². The number of rotatable bonds is 4. The van der Waals surface area contributed by atoms with Gasteiger partial charge in [-0.15, -0.1) is 0 Å². The standard InChI is InChI=1S/C22H23IN6O/c1-2-17-22(29(23)15-6-9-30-10-7-15)28-19-16(12-26-21(24)20(19)27-17)13-3-4-18-14(11-13)5-8-25-18/h3-5,8,11-12,15,25H,2,6-7,9-10H2,1H3,(H2,24,26). The van der Waals surface area contributed by atoms with Gasteiger partial charge in [0.2, 0.25) is 0 Å². The van der Waals surface area contributed by atoms with E-state index in [1.165, 1.54) is 0 Å². The molecular formula is C22H23IN6O. The van der Waals surface area contributed by atoms with Crippen LogP contribution < -0.4 is 8.85 Å². The lowest BCUT2D eigenvalue weighted by Crippen LogP contribution is -2.34. The number of nitrogens with zero attached hydrogens (tertiary/aromatic N) is 4. The highest BCUT2D eigenvalue weighted by atomic mass is 127. The summed E-state index contributed by atoms with van der Waals surface area (Å²) in [5.41, 5.74) is 11.7. The summed E-state index contributed by atoms with van der Waals surface area (Å²) in [5, 5.41) is 1.15. The number of H-pyrrole nitrogens is 1. The minimum atomic E-state index is 0.384. The van der Waals surface area contributed by atoms with Gasteiger partial charge in [-0.2, -0.15) is 0 Å². The van der Waals surface area contributed by atoms with Gasteiger partial charge in [0.25, 0.3) is 0 Å². The van der Waals surface area contributed by atoms with Crippen molar-refractivity contribution in [2.45, 2.75) is 32.2 Å². The van der Waals surface area contributed by atoms with Crippen molar-refractivity contribution < 1.29 is 4.74 Å². The zero-order valence-electron chi connectivity index (χ0n) is 16.7. The molecule has 4 aromatic rings. The van der Waals surface area contributed by atoms with E-state index in [1.807, 2.05) is 12.4 Å². The van der Waals surface area contributed by atoms with E-state index in [2.05, 4.69) is 67.1 Å². The number of benzene rings is 1. The molecule has 1 aromatic carbocycles. The summed E-state index contributed by atoms with van der Waals surface area (Å²) in [7, 11) is 0. The molecule has 3 N–H and O–H groups in total. The summed E-state index contributed by atoms with van der Waals surface area (Å²) in [6.07, 6.45) is 6.51. The molecule has 3 aromatic heterocycles. The number of aromatic nitrogens is 4. The van der Waals surface area contributed by atoms with Crippen LogP contribution in [0.2, 0.25) is 0 Å². The Morgan fingerprint density at radius 2 is 2.03 bits per heavy atom. The fourth-order valence-corrected chi connectivity index (χ4v) is 4.95. The Hall–Kier alpha value is -2.46. The lowest BCUT2D eigenvalue weighted by atomic mass is 10.0. The first kappa shape index (κ1) is 19.5. The first-order valence-corrected chi connectivity index (χ1v) is 11.2. The molecule has 1 fully saturated rings. The summed E-state index contributed by atoms with van der Waals surface area (Å²) < 4.78 is 7.78. The molecule has 0 spiro atoms. The van der Waals surface area contributed by atoms with Gasteiger partial charge < -0.3 is 15.5 Å². The van der Waals surface area contributed by atoms with Crippen molar-refractivity contribution in [3.05, 3.63) is 42.4 Å². The zero-order valence-corrected chi connectivity index (χ0v) is 18.9. The van der Waals surface area contributed by atoms with Crippen LogP contribution in [0.5, 0.6) is 0 Å². The fraction of sp³-hybridized carbons (Fsp3) is 0.318. The number of anilines is 2. The van der Waals surface area contributed by atoms with Crippen molar-refractivity contribution in [3.8, 4) is 11.1 Å². The molecule has 4 heterocycles. The number of aromatic amines is 1. The Labute approximate surface area is 188 Å². The molecule has 0 aliphatic carbocycles. The Morgan fingerprint density at radius 3 is 2.83 bits per heavy atom. The molecule has 0 radical (unpaired) electrons. The van der Waals surface area contributed by atoms with Crippen LogP contribution in [-0.2, 0) is 11.2 Å². The third kappa shape index (κ3) is 3.37. The summed E-state index contributed by atoms with van der Waals surface area (Å²) in [6.45, 7) is 3.66. The van der Waals surface area contributed by atoms with Gasteiger partial charge in [0.05, 0.1) is 28.6 Å². The van der Waals surface area contributed by atoms with E-state index < -0.39 is 0 Å². The second-order valence-corrected chi connectivity index (χ2v) is 8.58. The number of hydrogen-bond acceptors (Lipinski definition) is 6. The van der Waals surface area contributed by atoms with Crippen LogP contribution in [0.1, 0.15) is 25.5 Å². The number of nitrogens with one attached hydrogen (secondary N) is 1. The third-order valence-electron chi connectivity index (χ3n) is 5.69. The molecule has 0 unspecified atom stereocenters. The first-order chi connectivity index (χ1) is 14.7. The highest BCUT2D eigenvalue weighted by Crippen LogP contribution is 2.35. The predicted octanol–water partition coefficient (Wildman–Crippen LogP) is 4.65. The van der Waals surface area contributed by atoms with Gasteiger partial charge in [0, 0.05) is 42.7 Å². The molecule has 8 heteroatoms. The zero-order chi connectivity index (χ0) is 20.7. The van der Waals surface area contributed by atoms with E-state index in [9.17, 15) is 0 Å². The fourth-order valence-electron chi connectivity index (χ4n) is 4.01. The van der Waals surface area contributed by atoms with Crippen LogP contribution in [0.3, 0.4) is 0 Å². The lowest BCUT2D eigenvalue weighted by Gasteiger charge is -2.31. The molecule has 0 atom stereocenters. The Bertz CT molecular complexity index is 1220. The molecular weight excluding hydrogens is 491 g/mol. The van der Waals surface area contributed by atoms with Crippen molar-refractivity contribution in [3.63, 3.8) is 0 Å². The SMILES string of the molecule is CCc1nc2c(N)ncc(-c3ccc4[nH]ccc4c3)c2nc1N(I)C1CCOCC1. The van der Waals surface area contributed by atoms with Gasteiger partial charge in [0.15, 0.2) is 11.6 Å². The molecule has 0 amide bonds. The quantitative estimate of drug-likeness (QED) is 0.304. The predicted molar refractivity (Wildman–Crippen MR) is 129 cm³/mol. The highest BCUT2D eigenvalue weighted by Gasteiger charge is 2.25. The number of fused-ring (bicyclic) bond motifs is 2. The van der Waals surface area contributed by atoms with E-state index in [0.717, 1.165) is 71.5 Å².